The van der Waals surface area contributed by atoms with E-state index in [0.717, 1.165) is 24.8 Å². The zero-order valence-electron chi connectivity index (χ0n) is 8.89. The standard InChI is InChI=1S/C13H14O3/c14-10-3-1-2-9(6-10)13(8-4-5-8)7-11(13)12(15)16/h1-3,6,8,11,14H,4-5,7H2,(H,15,16)/t11-,13?/m0/s1. The van der Waals surface area contributed by atoms with Crippen LogP contribution < -0.4 is 0 Å². The van der Waals surface area contributed by atoms with Crippen molar-refractivity contribution < 1.29 is 15.0 Å². The first-order valence-electron chi connectivity index (χ1n) is 5.67. The van der Waals surface area contributed by atoms with Crippen molar-refractivity contribution in [3.63, 3.8) is 0 Å². The molecule has 0 saturated heterocycles. The number of aromatic hydroxyl groups is 1. The van der Waals surface area contributed by atoms with Gasteiger partial charge < -0.3 is 10.2 Å². The van der Waals surface area contributed by atoms with Crippen molar-refractivity contribution in [2.45, 2.75) is 24.7 Å². The molecule has 0 aliphatic heterocycles. The molecule has 0 aromatic heterocycles. The Hall–Kier alpha value is -1.51. The summed E-state index contributed by atoms with van der Waals surface area (Å²) in [6.07, 6.45) is 2.98. The molecule has 3 heteroatoms. The number of carboxylic acid groups (broad SMARTS) is 1. The normalized spacial score (nSPS) is 32.4. The van der Waals surface area contributed by atoms with Crippen LogP contribution in [0.25, 0.3) is 0 Å². The van der Waals surface area contributed by atoms with E-state index in [-0.39, 0.29) is 17.1 Å². The predicted molar refractivity (Wildman–Crippen MR) is 58.3 cm³/mol. The van der Waals surface area contributed by atoms with Crippen molar-refractivity contribution in [2.24, 2.45) is 11.8 Å². The zero-order valence-corrected chi connectivity index (χ0v) is 8.89. The average Bonchev–Trinajstić information content (AvgIpc) is 3.11. The van der Waals surface area contributed by atoms with Gasteiger partial charge in [-0.05, 0) is 42.9 Å². The third-order valence-corrected chi connectivity index (χ3v) is 3.99. The number of phenolic OH excluding ortho intramolecular Hbond substituents is 1. The van der Waals surface area contributed by atoms with Gasteiger partial charge in [0.1, 0.15) is 5.75 Å². The van der Waals surface area contributed by atoms with E-state index in [1.54, 1.807) is 18.2 Å². The van der Waals surface area contributed by atoms with Gasteiger partial charge in [-0.1, -0.05) is 12.1 Å². The molecular formula is C13H14O3. The number of hydrogen-bond donors (Lipinski definition) is 2. The van der Waals surface area contributed by atoms with Gasteiger partial charge in [0.15, 0.2) is 0 Å². The minimum atomic E-state index is -0.699. The third kappa shape index (κ3) is 1.24. The monoisotopic (exact) mass is 218 g/mol. The van der Waals surface area contributed by atoms with Gasteiger partial charge in [0.25, 0.3) is 0 Å². The van der Waals surface area contributed by atoms with E-state index in [4.69, 9.17) is 5.11 Å². The lowest BCUT2D eigenvalue weighted by Gasteiger charge is -2.16. The number of hydrogen-bond acceptors (Lipinski definition) is 2. The largest absolute Gasteiger partial charge is 0.508 e. The Morgan fingerprint density at radius 2 is 2.12 bits per heavy atom. The molecule has 3 rings (SSSR count). The van der Waals surface area contributed by atoms with Gasteiger partial charge in [0.05, 0.1) is 5.92 Å². The Labute approximate surface area is 93.7 Å². The lowest BCUT2D eigenvalue weighted by Crippen LogP contribution is -2.17. The van der Waals surface area contributed by atoms with Crippen LogP contribution in [0, 0.1) is 11.8 Å². The van der Waals surface area contributed by atoms with Crippen LogP contribution in [-0.4, -0.2) is 16.2 Å². The number of carbonyl (C=O) groups is 1. The number of rotatable bonds is 3. The second-order valence-electron chi connectivity index (χ2n) is 4.96. The molecule has 2 fully saturated rings. The maximum atomic E-state index is 11.1. The smallest absolute Gasteiger partial charge is 0.307 e. The van der Waals surface area contributed by atoms with Crippen LogP contribution in [0.2, 0.25) is 0 Å². The quantitative estimate of drug-likeness (QED) is 0.817. The summed E-state index contributed by atoms with van der Waals surface area (Å²) in [6.45, 7) is 0. The molecule has 1 unspecified atom stereocenters. The molecule has 0 amide bonds. The molecule has 84 valence electrons. The van der Waals surface area contributed by atoms with E-state index in [0.29, 0.717) is 5.92 Å². The molecule has 2 aliphatic carbocycles. The van der Waals surface area contributed by atoms with Crippen LogP contribution in [-0.2, 0) is 10.2 Å². The molecular weight excluding hydrogens is 204 g/mol. The highest BCUT2D eigenvalue weighted by molar-refractivity contribution is 5.77. The minimum Gasteiger partial charge on any atom is -0.508 e. The van der Waals surface area contributed by atoms with Crippen LogP contribution in [0.15, 0.2) is 24.3 Å². The van der Waals surface area contributed by atoms with Gasteiger partial charge in [0, 0.05) is 5.41 Å². The predicted octanol–water partition coefficient (Wildman–Crippen LogP) is 2.14. The van der Waals surface area contributed by atoms with Gasteiger partial charge in [-0.15, -0.1) is 0 Å². The highest BCUT2D eigenvalue weighted by Crippen LogP contribution is 2.66. The van der Waals surface area contributed by atoms with E-state index in [2.05, 4.69) is 0 Å². The molecule has 2 N–H and O–H groups in total. The average molecular weight is 218 g/mol. The van der Waals surface area contributed by atoms with E-state index in [9.17, 15) is 9.90 Å². The van der Waals surface area contributed by atoms with Crippen LogP contribution in [0.1, 0.15) is 24.8 Å². The fourth-order valence-electron chi connectivity index (χ4n) is 2.99. The van der Waals surface area contributed by atoms with Crippen molar-refractivity contribution in [3.05, 3.63) is 29.8 Å². The second kappa shape index (κ2) is 3.00. The van der Waals surface area contributed by atoms with Gasteiger partial charge in [-0.25, -0.2) is 0 Å². The van der Waals surface area contributed by atoms with Crippen LogP contribution in [0.4, 0.5) is 0 Å². The molecule has 2 aliphatic rings. The van der Waals surface area contributed by atoms with Crippen LogP contribution >= 0.6 is 0 Å². The highest BCUT2D eigenvalue weighted by atomic mass is 16.4. The molecule has 0 spiro atoms. The molecule has 2 atom stereocenters. The summed E-state index contributed by atoms with van der Waals surface area (Å²) in [5.41, 5.74) is 0.826. The Bertz CT molecular complexity index is 450. The number of benzene rings is 1. The Morgan fingerprint density at radius 3 is 2.62 bits per heavy atom. The van der Waals surface area contributed by atoms with Crippen LogP contribution in [0.5, 0.6) is 5.75 Å². The summed E-state index contributed by atoms with van der Waals surface area (Å²) in [5.74, 6) is -0.207. The molecule has 0 radical (unpaired) electrons. The van der Waals surface area contributed by atoms with E-state index < -0.39 is 5.97 Å². The maximum Gasteiger partial charge on any atom is 0.307 e. The van der Waals surface area contributed by atoms with Crippen molar-refractivity contribution in [1.82, 2.24) is 0 Å². The third-order valence-electron chi connectivity index (χ3n) is 3.99. The molecule has 2 saturated carbocycles. The van der Waals surface area contributed by atoms with Crippen molar-refractivity contribution in [3.8, 4) is 5.75 Å². The first-order valence-corrected chi connectivity index (χ1v) is 5.67. The van der Waals surface area contributed by atoms with Gasteiger partial charge in [-0.3, -0.25) is 4.79 Å². The van der Waals surface area contributed by atoms with Gasteiger partial charge in [0.2, 0.25) is 0 Å². The zero-order chi connectivity index (χ0) is 11.3. The maximum absolute atomic E-state index is 11.1. The summed E-state index contributed by atoms with van der Waals surface area (Å²) >= 11 is 0. The fourth-order valence-corrected chi connectivity index (χ4v) is 2.99. The van der Waals surface area contributed by atoms with Gasteiger partial charge >= 0.3 is 5.97 Å². The van der Waals surface area contributed by atoms with Gasteiger partial charge in [-0.2, -0.15) is 0 Å². The molecule has 3 nitrogen and oxygen atoms in total. The lowest BCUT2D eigenvalue weighted by molar-refractivity contribution is -0.139. The summed E-state index contributed by atoms with van der Waals surface area (Å²) in [5, 5.41) is 18.6. The molecule has 1 aromatic carbocycles. The summed E-state index contributed by atoms with van der Waals surface area (Å²) in [6, 6.07) is 7.09. The van der Waals surface area contributed by atoms with Crippen molar-refractivity contribution in [1.29, 1.82) is 0 Å². The van der Waals surface area contributed by atoms with E-state index in [1.165, 1.54) is 0 Å². The van der Waals surface area contributed by atoms with E-state index in [1.807, 2.05) is 6.07 Å². The van der Waals surface area contributed by atoms with Crippen LogP contribution in [0.3, 0.4) is 0 Å². The van der Waals surface area contributed by atoms with Crippen molar-refractivity contribution >= 4 is 5.97 Å². The SMILES string of the molecule is O=C(O)[C@@H]1CC1(c1cccc(O)c1)C1CC1. The fraction of sp³-hybridized carbons (Fsp3) is 0.462. The Balaban J connectivity index is 1.99. The lowest BCUT2D eigenvalue weighted by atomic mass is 9.88. The number of carboxylic acids is 1. The minimum absolute atomic E-state index is 0.176. The first-order chi connectivity index (χ1) is 7.64. The molecule has 0 heterocycles. The first kappa shape index (κ1) is 9.70. The molecule has 0 bridgehead atoms. The Kier molecular flexibility index (Phi) is 1.82. The number of aliphatic carboxylic acids is 1. The molecule has 1 aromatic rings. The second-order valence-corrected chi connectivity index (χ2v) is 4.96. The number of phenols is 1. The van der Waals surface area contributed by atoms with E-state index >= 15 is 0 Å². The summed E-state index contributed by atoms with van der Waals surface area (Å²) in [7, 11) is 0. The topological polar surface area (TPSA) is 57.5 Å². The molecule has 16 heavy (non-hydrogen) atoms. The van der Waals surface area contributed by atoms with Crippen molar-refractivity contribution in [2.75, 3.05) is 0 Å². The summed E-state index contributed by atoms with van der Waals surface area (Å²) < 4.78 is 0. The summed E-state index contributed by atoms with van der Waals surface area (Å²) in [4.78, 5) is 11.1. The Morgan fingerprint density at radius 1 is 1.38 bits per heavy atom. The highest BCUT2D eigenvalue weighted by Gasteiger charge is 2.66.